The van der Waals surface area contributed by atoms with E-state index in [0.717, 1.165) is 0 Å². The van der Waals surface area contributed by atoms with Crippen molar-refractivity contribution in [3.63, 3.8) is 0 Å². The molecule has 1 aliphatic heterocycles. The number of morpholine rings is 1. The van der Waals surface area contributed by atoms with Gasteiger partial charge in [0.2, 0.25) is 21.9 Å². The molecule has 1 fully saturated rings. The molecule has 2 aromatic heterocycles. The Morgan fingerprint density at radius 2 is 1.85 bits per heavy atom. The molecule has 174 valence electrons. The lowest BCUT2D eigenvalue weighted by Crippen LogP contribution is -2.40. The lowest BCUT2D eigenvalue weighted by molar-refractivity contribution is 0.0730. The second-order valence-corrected chi connectivity index (χ2v) is 9.89. The van der Waals surface area contributed by atoms with E-state index in [4.69, 9.17) is 16.2 Å². The van der Waals surface area contributed by atoms with Crippen LogP contribution in [0.4, 0.5) is 11.9 Å². The third-order valence-corrected chi connectivity index (χ3v) is 7.63. The highest BCUT2D eigenvalue weighted by atomic mass is 32.2. The summed E-state index contributed by atoms with van der Waals surface area (Å²) in [7, 11) is -3.64. The molecule has 0 bridgehead atoms. The molecule has 0 spiro atoms. The number of benzene rings is 1. The van der Waals surface area contributed by atoms with E-state index in [1.165, 1.54) is 16.1 Å². The highest BCUT2D eigenvalue weighted by molar-refractivity contribution is 7.98. The van der Waals surface area contributed by atoms with Gasteiger partial charge >= 0.3 is 0 Å². The van der Waals surface area contributed by atoms with Gasteiger partial charge in [-0.3, -0.25) is 4.57 Å². The number of allylic oxidation sites excluding steroid dienone is 1. The van der Waals surface area contributed by atoms with Gasteiger partial charge in [0.05, 0.1) is 23.9 Å². The zero-order valence-corrected chi connectivity index (χ0v) is 19.3. The summed E-state index contributed by atoms with van der Waals surface area (Å²) in [6, 6.07) is 6.67. The van der Waals surface area contributed by atoms with E-state index in [2.05, 4.69) is 31.7 Å². The molecular weight excluding hydrogens is 466 g/mol. The van der Waals surface area contributed by atoms with E-state index in [9.17, 15) is 8.42 Å². The van der Waals surface area contributed by atoms with Crippen LogP contribution in [-0.4, -0.2) is 68.7 Å². The number of ether oxygens (including phenoxy) is 1. The summed E-state index contributed by atoms with van der Waals surface area (Å²) in [6.07, 6.45) is 1.71. The fourth-order valence-corrected chi connectivity index (χ4v) is 5.54. The lowest BCUT2D eigenvalue weighted by Gasteiger charge is -2.26. The third kappa shape index (κ3) is 5.13. The van der Waals surface area contributed by atoms with E-state index < -0.39 is 10.0 Å². The van der Waals surface area contributed by atoms with Gasteiger partial charge in [-0.2, -0.15) is 19.3 Å². The van der Waals surface area contributed by atoms with E-state index in [1.54, 1.807) is 30.3 Å². The maximum Gasteiger partial charge on any atom is 0.243 e. The zero-order chi connectivity index (χ0) is 23.4. The largest absolute Gasteiger partial charge is 0.379 e. The van der Waals surface area contributed by atoms with Crippen LogP contribution in [-0.2, 0) is 27.1 Å². The molecule has 1 saturated heterocycles. The predicted octanol–water partition coefficient (Wildman–Crippen LogP) is 0.794. The van der Waals surface area contributed by atoms with Crippen molar-refractivity contribution in [2.24, 2.45) is 0 Å². The molecule has 0 radical (unpaired) electrons. The normalized spacial score (nSPS) is 14.9. The molecule has 3 heterocycles. The van der Waals surface area contributed by atoms with Crippen LogP contribution in [0, 0.1) is 0 Å². The Morgan fingerprint density at radius 3 is 2.55 bits per heavy atom. The van der Waals surface area contributed by atoms with Crippen molar-refractivity contribution in [3.05, 3.63) is 42.7 Å². The molecular formula is C19H23N9O3S2. The molecule has 4 N–H and O–H groups in total. The van der Waals surface area contributed by atoms with Crippen molar-refractivity contribution in [2.75, 3.05) is 37.8 Å². The highest BCUT2D eigenvalue weighted by Crippen LogP contribution is 2.28. The Kier molecular flexibility index (Phi) is 6.88. The first-order chi connectivity index (χ1) is 15.9. The minimum absolute atomic E-state index is 0.0460. The molecule has 1 aliphatic rings. The summed E-state index contributed by atoms with van der Waals surface area (Å²) in [6.45, 7) is 5.64. The quantitative estimate of drug-likeness (QED) is 0.339. The number of sulfonamides is 1. The van der Waals surface area contributed by atoms with Crippen molar-refractivity contribution in [1.82, 2.24) is 34.0 Å². The van der Waals surface area contributed by atoms with E-state index >= 15 is 0 Å². The van der Waals surface area contributed by atoms with Gasteiger partial charge in [0, 0.05) is 25.2 Å². The smallest absolute Gasteiger partial charge is 0.243 e. The summed E-state index contributed by atoms with van der Waals surface area (Å²) in [4.78, 5) is 12.1. The summed E-state index contributed by atoms with van der Waals surface area (Å²) >= 11 is 1.34. The zero-order valence-electron chi connectivity index (χ0n) is 17.7. The van der Waals surface area contributed by atoms with Crippen LogP contribution in [0.3, 0.4) is 0 Å². The Morgan fingerprint density at radius 1 is 1.12 bits per heavy atom. The summed E-state index contributed by atoms with van der Waals surface area (Å²) in [5.74, 6) is 1.37. The molecule has 0 saturated carbocycles. The van der Waals surface area contributed by atoms with Crippen LogP contribution in [0.15, 0.2) is 47.0 Å². The molecule has 3 aromatic rings. The predicted molar refractivity (Wildman–Crippen MR) is 123 cm³/mol. The molecule has 4 rings (SSSR count). The summed E-state index contributed by atoms with van der Waals surface area (Å²) in [5, 5.41) is 9.16. The van der Waals surface area contributed by atoms with Gasteiger partial charge in [-0.25, -0.2) is 8.42 Å². The van der Waals surface area contributed by atoms with Crippen molar-refractivity contribution in [2.45, 2.75) is 22.3 Å². The molecule has 0 amide bonds. The number of nitrogens with zero attached hydrogens (tertiary/aromatic N) is 7. The standard InChI is InChI=1S/C19H23N9O3S2/c1-2-6-28-16(25-26-19(28)32-12-15-22-17(20)24-18(21)23-15)13-4-3-5-14(11-13)33(29,30)27-7-9-31-10-8-27/h2-5,11H,1,6-10,12H2,(H4,20,21,22,23,24). The van der Waals surface area contributed by atoms with Gasteiger partial charge < -0.3 is 16.2 Å². The second-order valence-electron chi connectivity index (χ2n) is 7.01. The van der Waals surface area contributed by atoms with Crippen LogP contribution in [0.25, 0.3) is 11.4 Å². The first-order valence-corrected chi connectivity index (χ1v) is 12.4. The SMILES string of the molecule is C=CCn1c(SCc2nc(N)nc(N)n2)nnc1-c1cccc(S(=O)(=O)N2CCOCC2)c1. The van der Waals surface area contributed by atoms with E-state index in [0.29, 0.717) is 61.0 Å². The van der Waals surface area contributed by atoms with Crippen LogP contribution in [0.5, 0.6) is 0 Å². The number of rotatable bonds is 8. The monoisotopic (exact) mass is 489 g/mol. The number of hydrogen-bond acceptors (Lipinski definition) is 11. The number of thioether (sulfide) groups is 1. The summed E-state index contributed by atoms with van der Waals surface area (Å²) < 4.78 is 34.7. The lowest BCUT2D eigenvalue weighted by atomic mass is 10.2. The average molecular weight is 490 g/mol. The minimum atomic E-state index is -3.64. The number of hydrogen-bond donors (Lipinski definition) is 2. The number of anilines is 2. The Hall–Kier alpha value is -3.07. The van der Waals surface area contributed by atoms with Crippen molar-refractivity contribution >= 4 is 33.7 Å². The fourth-order valence-electron chi connectivity index (χ4n) is 3.28. The highest BCUT2D eigenvalue weighted by Gasteiger charge is 2.27. The van der Waals surface area contributed by atoms with Crippen LogP contribution >= 0.6 is 11.8 Å². The molecule has 0 unspecified atom stereocenters. The summed E-state index contributed by atoms with van der Waals surface area (Å²) in [5.41, 5.74) is 11.9. The van der Waals surface area contributed by atoms with Crippen molar-refractivity contribution in [1.29, 1.82) is 0 Å². The van der Waals surface area contributed by atoms with Gasteiger partial charge in [0.25, 0.3) is 0 Å². The van der Waals surface area contributed by atoms with E-state index in [-0.39, 0.29) is 16.8 Å². The van der Waals surface area contributed by atoms with Gasteiger partial charge in [-0.1, -0.05) is 30.0 Å². The molecule has 1 aromatic carbocycles. The Balaban J connectivity index is 1.62. The first kappa shape index (κ1) is 23.1. The van der Waals surface area contributed by atoms with Gasteiger partial charge in [-0.15, -0.1) is 16.8 Å². The fraction of sp³-hybridized carbons (Fsp3) is 0.316. The number of aromatic nitrogens is 6. The molecule has 0 aliphatic carbocycles. The van der Waals surface area contributed by atoms with Crippen molar-refractivity contribution < 1.29 is 13.2 Å². The number of nitrogen functional groups attached to an aromatic ring is 2. The van der Waals surface area contributed by atoms with Gasteiger partial charge in [0.15, 0.2) is 11.0 Å². The molecule has 14 heteroatoms. The molecule has 0 atom stereocenters. The third-order valence-electron chi connectivity index (χ3n) is 4.78. The van der Waals surface area contributed by atoms with E-state index in [1.807, 2.05) is 4.57 Å². The van der Waals surface area contributed by atoms with Crippen LogP contribution in [0.1, 0.15) is 5.82 Å². The topological polar surface area (TPSA) is 168 Å². The Bertz CT molecular complexity index is 1240. The minimum Gasteiger partial charge on any atom is -0.379 e. The maximum absolute atomic E-state index is 13.1. The second kappa shape index (κ2) is 9.82. The maximum atomic E-state index is 13.1. The number of nitrogens with two attached hydrogens (primary N) is 2. The van der Waals surface area contributed by atoms with Crippen molar-refractivity contribution in [3.8, 4) is 11.4 Å². The molecule has 33 heavy (non-hydrogen) atoms. The van der Waals surface area contributed by atoms with Crippen LogP contribution < -0.4 is 11.5 Å². The van der Waals surface area contributed by atoms with Crippen LogP contribution in [0.2, 0.25) is 0 Å². The Labute approximate surface area is 195 Å². The first-order valence-electron chi connectivity index (χ1n) is 9.99. The average Bonchev–Trinajstić information content (AvgIpc) is 3.20. The molecule has 12 nitrogen and oxygen atoms in total. The van der Waals surface area contributed by atoms with Gasteiger partial charge in [0.1, 0.15) is 5.82 Å². The van der Waals surface area contributed by atoms with Gasteiger partial charge in [-0.05, 0) is 12.1 Å².